The van der Waals surface area contributed by atoms with Gasteiger partial charge in [0.25, 0.3) is 0 Å². The Balaban J connectivity index is 2.87. The highest BCUT2D eigenvalue weighted by molar-refractivity contribution is 6.28. The first-order chi connectivity index (χ1) is 12.8. The molecule has 0 saturated heterocycles. The van der Waals surface area contributed by atoms with E-state index in [2.05, 4.69) is 9.98 Å². The number of aromatic nitrogens is 1. The third-order valence-electron chi connectivity index (χ3n) is 3.88. The Hall–Kier alpha value is -2.93. The summed E-state index contributed by atoms with van der Waals surface area (Å²) in [6, 6.07) is 6.93. The second-order valence-electron chi connectivity index (χ2n) is 5.68. The van der Waals surface area contributed by atoms with E-state index in [0.717, 1.165) is 0 Å². The van der Waals surface area contributed by atoms with Gasteiger partial charge >= 0.3 is 11.9 Å². The fourth-order valence-corrected chi connectivity index (χ4v) is 2.83. The number of aryl methyl sites for hydroxylation is 2. The molecule has 0 aliphatic carbocycles. The number of hydrogen-bond donors (Lipinski definition) is 1. The van der Waals surface area contributed by atoms with Gasteiger partial charge in [-0.15, -0.1) is 11.6 Å². The monoisotopic (exact) mass is 389 g/mol. The lowest BCUT2D eigenvalue weighted by molar-refractivity contribution is 0.0599. The summed E-state index contributed by atoms with van der Waals surface area (Å²) >= 11 is 5.68. The zero-order chi connectivity index (χ0) is 20.1. The number of esters is 2. The fraction of sp³-hybridized carbons (Fsp3) is 0.263. The summed E-state index contributed by atoms with van der Waals surface area (Å²) in [5.74, 6) is -0.876. The van der Waals surface area contributed by atoms with Gasteiger partial charge in [0.15, 0.2) is 0 Å². The fourth-order valence-electron chi connectivity index (χ4n) is 2.77. The number of methoxy groups -OCH3 is 2. The molecule has 2 aromatic rings. The number of halogens is 1. The van der Waals surface area contributed by atoms with Gasteiger partial charge in [0.2, 0.25) is 0 Å². The van der Waals surface area contributed by atoms with Crippen molar-refractivity contribution in [2.45, 2.75) is 13.8 Å². The second-order valence-corrected chi connectivity index (χ2v) is 5.95. The van der Waals surface area contributed by atoms with Crippen LogP contribution in [0.1, 0.15) is 32.1 Å². The summed E-state index contributed by atoms with van der Waals surface area (Å²) in [6.45, 7) is 3.36. The quantitative estimate of drug-likeness (QED) is 0.364. The summed E-state index contributed by atoms with van der Waals surface area (Å²) < 4.78 is 9.81. The van der Waals surface area contributed by atoms with E-state index in [1.54, 1.807) is 38.1 Å². The SMILES string of the molecule is COC(=O)c1c(C)nc(C)c(C(=O)OC)c1-c1cccc(N=C(N)CCl)c1. The van der Waals surface area contributed by atoms with Crippen molar-refractivity contribution in [3.05, 3.63) is 46.8 Å². The second kappa shape index (κ2) is 8.64. The molecule has 0 spiro atoms. The highest BCUT2D eigenvalue weighted by Crippen LogP contribution is 2.34. The molecule has 0 aliphatic rings. The molecule has 7 nitrogen and oxygen atoms in total. The number of carbonyl (C=O) groups excluding carboxylic acids is 2. The van der Waals surface area contributed by atoms with E-state index >= 15 is 0 Å². The molecule has 1 aromatic heterocycles. The van der Waals surface area contributed by atoms with Gasteiger partial charge in [0.05, 0.1) is 48.3 Å². The topological polar surface area (TPSA) is 104 Å². The molecular weight excluding hydrogens is 370 g/mol. The molecule has 0 amide bonds. The first-order valence-corrected chi connectivity index (χ1v) is 8.54. The molecule has 0 atom stereocenters. The molecule has 1 heterocycles. The van der Waals surface area contributed by atoms with Crippen LogP contribution in [0.5, 0.6) is 0 Å². The smallest absolute Gasteiger partial charge is 0.340 e. The molecule has 8 heteroatoms. The third kappa shape index (κ3) is 4.25. The van der Waals surface area contributed by atoms with Crippen LogP contribution in [0.25, 0.3) is 11.1 Å². The van der Waals surface area contributed by atoms with E-state index in [0.29, 0.717) is 28.2 Å². The lowest BCUT2D eigenvalue weighted by atomic mass is 9.92. The number of benzene rings is 1. The van der Waals surface area contributed by atoms with Crippen LogP contribution in [0, 0.1) is 13.8 Å². The van der Waals surface area contributed by atoms with Gasteiger partial charge in [0.1, 0.15) is 5.84 Å². The number of hydrogen-bond acceptors (Lipinski definition) is 6. The molecule has 0 aliphatic heterocycles. The Morgan fingerprint density at radius 3 is 2.15 bits per heavy atom. The van der Waals surface area contributed by atoms with Gasteiger partial charge < -0.3 is 15.2 Å². The number of carbonyl (C=O) groups is 2. The van der Waals surface area contributed by atoms with E-state index in [1.165, 1.54) is 14.2 Å². The van der Waals surface area contributed by atoms with Crippen LogP contribution in [0.3, 0.4) is 0 Å². The van der Waals surface area contributed by atoms with Crippen LogP contribution in [0.2, 0.25) is 0 Å². The van der Waals surface area contributed by atoms with Crippen LogP contribution in [0.15, 0.2) is 29.3 Å². The van der Waals surface area contributed by atoms with Crippen molar-refractivity contribution in [1.29, 1.82) is 0 Å². The van der Waals surface area contributed by atoms with Gasteiger partial charge in [0, 0.05) is 5.56 Å². The van der Waals surface area contributed by atoms with Crippen LogP contribution >= 0.6 is 11.6 Å². The molecule has 27 heavy (non-hydrogen) atoms. The number of alkyl halides is 1. The maximum absolute atomic E-state index is 12.4. The normalized spacial score (nSPS) is 11.2. The molecule has 2 rings (SSSR count). The van der Waals surface area contributed by atoms with E-state index in [-0.39, 0.29) is 22.8 Å². The third-order valence-corrected chi connectivity index (χ3v) is 4.16. The van der Waals surface area contributed by atoms with E-state index in [4.69, 9.17) is 26.8 Å². The number of rotatable bonds is 5. The highest BCUT2D eigenvalue weighted by atomic mass is 35.5. The van der Waals surface area contributed by atoms with Crippen molar-refractivity contribution in [1.82, 2.24) is 4.98 Å². The van der Waals surface area contributed by atoms with Gasteiger partial charge in [-0.05, 0) is 31.5 Å². The summed E-state index contributed by atoms with van der Waals surface area (Å²) in [5, 5.41) is 0. The maximum atomic E-state index is 12.4. The Morgan fingerprint density at radius 1 is 1.11 bits per heavy atom. The zero-order valence-electron chi connectivity index (χ0n) is 15.5. The van der Waals surface area contributed by atoms with Gasteiger partial charge in [-0.2, -0.15) is 0 Å². The zero-order valence-corrected chi connectivity index (χ0v) is 16.3. The average molecular weight is 390 g/mol. The number of ether oxygens (including phenoxy) is 2. The summed E-state index contributed by atoms with van der Waals surface area (Å²) in [4.78, 5) is 33.4. The number of pyridine rings is 1. The summed E-state index contributed by atoms with van der Waals surface area (Å²) in [5.41, 5.74) is 8.45. The Kier molecular flexibility index (Phi) is 6.52. The lowest BCUT2D eigenvalue weighted by Gasteiger charge is -2.17. The molecule has 1 aromatic carbocycles. The summed E-state index contributed by atoms with van der Waals surface area (Å²) in [6.07, 6.45) is 0. The molecule has 142 valence electrons. The molecule has 0 fully saturated rings. The predicted molar refractivity (Wildman–Crippen MR) is 104 cm³/mol. The number of amidine groups is 1. The van der Waals surface area contributed by atoms with Crippen molar-refractivity contribution in [3.63, 3.8) is 0 Å². The van der Waals surface area contributed by atoms with E-state index in [1.807, 2.05) is 0 Å². The van der Waals surface area contributed by atoms with Crippen LogP contribution < -0.4 is 5.73 Å². The molecule has 2 N–H and O–H groups in total. The minimum atomic E-state index is -0.602. The van der Waals surface area contributed by atoms with Crippen LogP contribution in [-0.2, 0) is 9.47 Å². The average Bonchev–Trinajstić information content (AvgIpc) is 2.66. The Morgan fingerprint density at radius 2 is 1.67 bits per heavy atom. The van der Waals surface area contributed by atoms with Crippen molar-refractivity contribution < 1.29 is 19.1 Å². The highest BCUT2D eigenvalue weighted by Gasteiger charge is 2.27. The van der Waals surface area contributed by atoms with Gasteiger partial charge in [-0.3, -0.25) is 4.98 Å². The Labute approximate surface area is 162 Å². The predicted octanol–water partition coefficient (Wildman–Crippen LogP) is 3.17. The number of aliphatic imine (C=N–C) groups is 1. The molecule has 0 radical (unpaired) electrons. The minimum Gasteiger partial charge on any atom is -0.465 e. The number of nitrogens with two attached hydrogens (primary N) is 1. The summed E-state index contributed by atoms with van der Waals surface area (Å²) in [7, 11) is 2.54. The van der Waals surface area contributed by atoms with Crippen molar-refractivity contribution in [3.8, 4) is 11.1 Å². The lowest BCUT2D eigenvalue weighted by Crippen LogP contribution is -2.16. The first kappa shape index (κ1) is 20.4. The standard InChI is InChI=1S/C19H20ClN3O4/c1-10-15(18(24)26-3)17(16(11(2)22-10)19(25)27-4)12-6-5-7-13(8-12)23-14(21)9-20/h5-8H,9H2,1-4H3,(H2,21,23). The largest absolute Gasteiger partial charge is 0.465 e. The van der Waals surface area contributed by atoms with Crippen molar-refractivity contribution in [2.75, 3.05) is 20.1 Å². The van der Waals surface area contributed by atoms with Gasteiger partial charge in [-0.1, -0.05) is 12.1 Å². The number of nitrogens with zero attached hydrogens (tertiary/aromatic N) is 2. The molecule has 0 unspecified atom stereocenters. The molecule has 0 bridgehead atoms. The minimum absolute atomic E-state index is 0.0819. The first-order valence-electron chi connectivity index (χ1n) is 8.01. The van der Waals surface area contributed by atoms with Crippen molar-refractivity contribution >= 4 is 35.1 Å². The van der Waals surface area contributed by atoms with Crippen molar-refractivity contribution in [2.24, 2.45) is 10.7 Å². The van der Waals surface area contributed by atoms with Gasteiger partial charge in [-0.25, -0.2) is 14.6 Å². The Bertz CT molecular complexity index is 885. The van der Waals surface area contributed by atoms with Crippen LogP contribution in [-0.4, -0.2) is 42.9 Å². The van der Waals surface area contributed by atoms with E-state index in [9.17, 15) is 9.59 Å². The molecule has 0 saturated carbocycles. The van der Waals surface area contributed by atoms with Crippen LogP contribution in [0.4, 0.5) is 5.69 Å². The molecular formula is C19H20ClN3O4. The van der Waals surface area contributed by atoms with E-state index < -0.39 is 11.9 Å². The maximum Gasteiger partial charge on any atom is 0.340 e.